The monoisotopic (exact) mass is 462 g/mol. The van der Waals surface area contributed by atoms with Crippen LogP contribution < -0.4 is 10.3 Å². The van der Waals surface area contributed by atoms with Crippen LogP contribution >= 0.6 is 22.9 Å². The summed E-state index contributed by atoms with van der Waals surface area (Å²) in [6.45, 7) is 0. The number of anilines is 1. The Kier molecular flexibility index (Phi) is 4.18. The van der Waals surface area contributed by atoms with Crippen LogP contribution in [0, 0.1) is 5.82 Å². The largest absolute Gasteiger partial charge is 0.450 e. The summed E-state index contributed by atoms with van der Waals surface area (Å²) in [6.07, 6.45) is 0. The van der Waals surface area contributed by atoms with Crippen LogP contribution in [0.3, 0.4) is 0 Å². The number of para-hydroxylation sites is 1. The van der Waals surface area contributed by atoms with Crippen molar-refractivity contribution in [1.82, 2.24) is 4.98 Å². The summed E-state index contributed by atoms with van der Waals surface area (Å²) < 4.78 is 20.3. The van der Waals surface area contributed by atoms with Crippen molar-refractivity contribution < 1.29 is 13.6 Å². The number of nitrogens with zero attached hydrogens (tertiary/aromatic N) is 2. The molecule has 1 aliphatic heterocycles. The topological polar surface area (TPSA) is 63.4 Å². The molecule has 5 aromatic rings. The van der Waals surface area contributed by atoms with Crippen LogP contribution in [0.1, 0.15) is 27.7 Å². The Bertz CT molecular complexity index is 1610. The Balaban J connectivity index is 1.64. The normalized spacial score (nSPS) is 15.6. The van der Waals surface area contributed by atoms with Crippen LogP contribution in [0.25, 0.3) is 21.2 Å². The quantitative estimate of drug-likeness (QED) is 0.325. The van der Waals surface area contributed by atoms with Gasteiger partial charge in [-0.1, -0.05) is 47.2 Å². The number of fused-ring (bicyclic) bond motifs is 3. The second-order valence-electron chi connectivity index (χ2n) is 7.41. The van der Waals surface area contributed by atoms with Gasteiger partial charge in [-0.25, -0.2) is 9.37 Å². The Hall–Kier alpha value is -3.55. The van der Waals surface area contributed by atoms with Gasteiger partial charge in [0.15, 0.2) is 10.6 Å². The maximum Gasteiger partial charge on any atom is 0.297 e. The van der Waals surface area contributed by atoms with E-state index in [1.165, 1.54) is 28.4 Å². The summed E-state index contributed by atoms with van der Waals surface area (Å²) >= 11 is 7.25. The lowest BCUT2D eigenvalue weighted by atomic mass is 9.99. The molecule has 0 radical (unpaired) electrons. The predicted octanol–water partition coefficient (Wildman–Crippen LogP) is 5.95. The molecule has 0 aliphatic carbocycles. The highest BCUT2D eigenvalue weighted by Crippen LogP contribution is 2.43. The fourth-order valence-electron chi connectivity index (χ4n) is 4.07. The summed E-state index contributed by atoms with van der Waals surface area (Å²) in [4.78, 5) is 33.0. The van der Waals surface area contributed by atoms with Gasteiger partial charge in [0, 0.05) is 5.02 Å². The van der Waals surface area contributed by atoms with Crippen LogP contribution in [0.2, 0.25) is 5.02 Å². The summed E-state index contributed by atoms with van der Waals surface area (Å²) in [5, 5.41) is 1.28. The number of amides is 1. The molecule has 0 spiro atoms. The predicted molar refractivity (Wildman–Crippen MR) is 122 cm³/mol. The molecule has 3 aromatic carbocycles. The van der Waals surface area contributed by atoms with Gasteiger partial charge in [0.05, 0.1) is 27.2 Å². The van der Waals surface area contributed by atoms with E-state index in [0.29, 0.717) is 36.9 Å². The van der Waals surface area contributed by atoms with Gasteiger partial charge in [0.2, 0.25) is 5.76 Å². The molecular weight excluding hydrogens is 451 g/mol. The molecule has 0 bridgehead atoms. The van der Waals surface area contributed by atoms with E-state index in [9.17, 15) is 14.0 Å². The molecule has 0 saturated carbocycles. The van der Waals surface area contributed by atoms with E-state index in [0.717, 1.165) is 0 Å². The number of hydrogen-bond donors (Lipinski definition) is 0. The van der Waals surface area contributed by atoms with Crippen LogP contribution in [0.5, 0.6) is 0 Å². The molecule has 0 fully saturated rings. The highest BCUT2D eigenvalue weighted by Gasteiger charge is 2.45. The van der Waals surface area contributed by atoms with Gasteiger partial charge in [0.25, 0.3) is 5.91 Å². The Morgan fingerprint density at radius 1 is 1.03 bits per heavy atom. The molecule has 0 saturated heterocycles. The van der Waals surface area contributed by atoms with Crippen LogP contribution in [-0.2, 0) is 0 Å². The van der Waals surface area contributed by atoms with Crippen LogP contribution in [-0.4, -0.2) is 10.9 Å². The molecule has 32 heavy (non-hydrogen) atoms. The highest BCUT2D eigenvalue weighted by atomic mass is 35.5. The van der Waals surface area contributed by atoms with Gasteiger partial charge in [0.1, 0.15) is 11.4 Å². The fourth-order valence-corrected chi connectivity index (χ4v) is 5.21. The lowest BCUT2D eigenvalue weighted by Crippen LogP contribution is -2.29. The number of aromatic nitrogens is 1. The minimum atomic E-state index is -0.749. The van der Waals surface area contributed by atoms with Crippen molar-refractivity contribution in [2.75, 3.05) is 4.90 Å². The van der Waals surface area contributed by atoms with Crippen molar-refractivity contribution in [1.29, 1.82) is 0 Å². The number of halogens is 2. The molecule has 2 aromatic heterocycles. The van der Waals surface area contributed by atoms with E-state index in [-0.39, 0.29) is 22.6 Å². The molecule has 6 rings (SSSR count). The Labute approximate surface area is 189 Å². The lowest BCUT2D eigenvalue weighted by Gasteiger charge is -2.22. The van der Waals surface area contributed by atoms with Crippen molar-refractivity contribution in [3.63, 3.8) is 0 Å². The average molecular weight is 463 g/mol. The molecule has 1 amide bonds. The van der Waals surface area contributed by atoms with Crippen molar-refractivity contribution in [2.45, 2.75) is 6.04 Å². The number of thiazole rings is 1. The second-order valence-corrected chi connectivity index (χ2v) is 8.85. The number of hydrogen-bond acceptors (Lipinski definition) is 5. The zero-order valence-electron chi connectivity index (χ0n) is 16.2. The molecule has 1 aliphatic rings. The smallest absolute Gasteiger partial charge is 0.297 e. The fraction of sp³-hybridized carbons (Fsp3) is 0.0417. The maximum atomic E-state index is 13.7. The molecule has 8 heteroatoms. The first-order valence-electron chi connectivity index (χ1n) is 9.72. The van der Waals surface area contributed by atoms with Crippen molar-refractivity contribution in [3.05, 3.63) is 105 Å². The third kappa shape index (κ3) is 2.78. The zero-order chi connectivity index (χ0) is 22.0. The first-order chi connectivity index (χ1) is 15.5. The summed E-state index contributed by atoms with van der Waals surface area (Å²) in [5.41, 5.74) is 1.57. The second kappa shape index (κ2) is 6.98. The van der Waals surface area contributed by atoms with Crippen LogP contribution in [0.4, 0.5) is 9.52 Å². The lowest BCUT2D eigenvalue weighted by molar-refractivity contribution is 0.0971. The van der Waals surface area contributed by atoms with Crippen molar-refractivity contribution >= 4 is 55.2 Å². The number of carbonyl (C=O) groups excluding carboxylic acids is 1. The van der Waals surface area contributed by atoms with E-state index in [1.54, 1.807) is 54.6 Å². The summed E-state index contributed by atoms with van der Waals surface area (Å²) in [5.74, 6) is -0.873. The first-order valence-corrected chi connectivity index (χ1v) is 10.9. The molecule has 0 unspecified atom stereocenters. The standard InChI is InChI=1S/C24H12ClFN2O3S/c25-13-7-5-12(6-8-13)20-19-21(29)15-3-1-2-4-17(15)31-22(19)23(30)28(20)24-27-16-10-9-14(26)11-18(16)32-24/h1-11,20H/t20-/m0/s1. The third-order valence-electron chi connectivity index (χ3n) is 5.51. The van der Waals surface area contributed by atoms with Gasteiger partial charge in [-0.15, -0.1) is 0 Å². The van der Waals surface area contributed by atoms with Gasteiger partial charge < -0.3 is 4.42 Å². The van der Waals surface area contributed by atoms with E-state index in [2.05, 4.69) is 4.98 Å². The highest BCUT2D eigenvalue weighted by molar-refractivity contribution is 7.22. The average Bonchev–Trinajstić information content (AvgIpc) is 3.33. The minimum Gasteiger partial charge on any atom is -0.450 e. The summed E-state index contributed by atoms with van der Waals surface area (Å²) in [6, 6.07) is 17.3. The van der Waals surface area contributed by atoms with Gasteiger partial charge >= 0.3 is 0 Å². The number of benzene rings is 3. The number of rotatable bonds is 2. The Morgan fingerprint density at radius 3 is 2.62 bits per heavy atom. The molecule has 1 atom stereocenters. The molecule has 3 heterocycles. The molecule has 0 N–H and O–H groups in total. The summed E-state index contributed by atoms with van der Waals surface area (Å²) in [7, 11) is 0. The van der Waals surface area contributed by atoms with Crippen LogP contribution in [0.15, 0.2) is 75.9 Å². The van der Waals surface area contributed by atoms with E-state index >= 15 is 0 Å². The maximum absolute atomic E-state index is 13.7. The molecular formula is C24H12ClFN2O3S. The molecule has 156 valence electrons. The minimum absolute atomic E-state index is 0.0147. The van der Waals surface area contributed by atoms with E-state index < -0.39 is 11.9 Å². The van der Waals surface area contributed by atoms with Crippen molar-refractivity contribution in [2.24, 2.45) is 0 Å². The first kappa shape index (κ1) is 19.2. The zero-order valence-corrected chi connectivity index (χ0v) is 17.8. The van der Waals surface area contributed by atoms with E-state index in [4.69, 9.17) is 16.0 Å². The van der Waals surface area contributed by atoms with Crippen molar-refractivity contribution in [3.8, 4) is 0 Å². The molecule has 5 nitrogen and oxygen atoms in total. The number of carbonyl (C=O) groups is 1. The van der Waals surface area contributed by atoms with Gasteiger partial charge in [-0.3, -0.25) is 14.5 Å². The SMILES string of the molecule is O=C1c2oc3ccccc3c(=O)c2[C@H](c2ccc(Cl)cc2)N1c1nc2ccc(F)cc2s1. The van der Waals surface area contributed by atoms with Gasteiger partial charge in [-0.05, 0) is 48.0 Å². The van der Waals surface area contributed by atoms with E-state index in [1.807, 2.05) is 0 Å². The third-order valence-corrected chi connectivity index (χ3v) is 6.78. The van der Waals surface area contributed by atoms with Gasteiger partial charge in [-0.2, -0.15) is 0 Å². The Morgan fingerprint density at radius 2 is 1.81 bits per heavy atom.